The number of piperidine rings is 1. The molecular formula is C19H18N2O2. The van der Waals surface area contributed by atoms with Crippen LogP contribution in [-0.4, -0.2) is 23.9 Å². The molecule has 1 aliphatic heterocycles. The molecule has 0 spiro atoms. The molecule has 0 bridgehead atoms. The molecule has 23 heavy (non-hydrogen) atoms. The lowest BCUT2D eigenvalue weighted by molar-refractivity contribution is 0.0725. The zero-order valence-electron chi connectivity index (χ0n) is 12.9. The van der Waals surface area contributed by atoms with E-state index in [0.717, 1.165) is 48.2 Å². The van der Waals surface area contributed by atoms with Crippen LogP contribution in [0.25, 0.3) is 11.1 Å². The van der Waals surface area contributed by atoms with Gasteiger partial charge in [-0.3, -0.25) is 4.79 Å². The Labute approximate surface area is 135 Å². The molecule has 2 aromatic rings. The van der Waals surface area contributed by atoms with Crippen LogP contribution in [0.4, 0.5) is 0 Å². The second-order valence-electron chi connectivity index (χ2n) is 6.22. The van der Waals surface area contributed by atoms with Gasteiger partial charge in [0.25, 0.3) is 5.91 Å². The van der Waals surface area contributed by atoms with Crippen LogP contribution in [0.5, 0.6) is 0 Å². The van der Waals surface area contributed by atoms with E-state index in [-0.39, 0.29) is 5.91 Å². The molecule has 1 saturated heterocycles. The molecule has 116 valence electrons. The van der Waals surface area contributed by atoms with Crippen LogP contribution in [0.3, 0.4) is 0 Å². The molecular weight excluding hydrogens is 288 g/mol. The summed E-state index contributed by atoms with van der Waals surface area (Å²) in [5, 5.41) is 3.31. The highest BCUT2D eigenvalue weighted by molar-refractivity contribution is 6.03. The fourth-order valence-electron chi connectivity index (χ4n) is 3.79. The van der Waals surface area contributed by atoms with Crippen molar-refractivity contribution in [2.24, 2.45) is 5.18 Å². The highest BCUT2D eigenvalue weighted by Gasteiger charge is 2.33. The second-order valence-corrected chi connectivity index (χ2v) is 6.22. The van der Waals surface area contributed by atoms with Crippen molar-refractivity contribution >= 4 is 5.91 Å². The number of hydrogen-bond donors (Lipinski definition) is 0. The molecule has 0 radical (unpaired) electrons. The van der Waals surface area contributed by atoms with Crippen LogP contribution in [0.15, 0.2) is 47.6 Å². The normalized spacial score (nSPS) is 19.1. The van der Waals surface area contributed by atoms with Crippen molar-refractivity contribution in [3.05, 3.63) is 64.1 Å². The summed E-state index contributed by atoms with van der Waals surface area (Å²) in [6.07, 6.45) is 3.32. The lowest BCUT2D eigenvalue weighted by Crippen LogP contribution is -2.35. The molecule has 1 amide bonds. The van der Waals surface area contributed by atoms with Gasteiger partial charge in [0.1, 0.15) is 6.04 Å². The van der Waals surface area contributed by atoms with Gasteiger partial charge in [0.15, 0.2) is 0 Å². The number of nitroso groups, excluding NO2 is 1. The van der Waals surface area contributed by atoms with Crippen LogP contribution in [0, 0.1) is 4.91 Å². The first-order valence-corrected chi connectivity index (χ1v) is 8.15. The largest absolute Gasteiger partial charge is 0.339 e. The van der Waals surface area contributed by atoms with Crippen LogP contribution in [0.1, 0.15) is 46.8 Å². The predicted molar refractivity (Wildman–Crippen MR) is 89.3 cm³/mol. The van der Waals surface area contributed by atoms with Crippen LogP contribution >= 0.6 is 0 Å². The third-order valence-corrected chi connectivity index (χ3v) is 4.90. The summed E-state index contributed by atoms with van der Waals surface area (Å²) in [4.78, 5) is 26.3. The number of fused-ring (bicyclic) bond motifs is 3. The van der Waals surface area contributed by atoms with E-state index in [1.54, 1.807) is 0 Å². The van der Waals surface area contributed by atoms with E-state index in [4.69, 9.17) is 0 Å². The summed E-state index contributed by atoms with van der Waals surface area (Å²) in [5.74, 6) is 0.0721. The molecule has 4 nitrogen and oxygen atoms in total. The molecule has 1 heterocycles. The minimum absolute atomic E-state index is 0.0721. The van der Waals surface area contributed by atoms with Gasteiger partial charge < -0.3 is 4.90 Å². The first-order valence-electron chi connectivity index (χ1n) is 8.15. The Bertz CT molecular complexity index is 779. The molecule has 0 saturated carbocycles. The van der Waals surface area contributed by atoms with Gasteiger partial charge in [-0.05, 0) is 42.0 Å². The lowest BCUT2D eigenvalue weighted by atomic mass is 9.97. The molecule has 0 N–H and O–H groups in total. The fraction of sp³-hybridized carbons (Fsp3) is 0.316. The topological polar surface area (TPSA) is 49.7 Å². The monoisotopic (exact) mass is 306 g/mol. The fourth-order valence-corrected chi connectivity index (χ4v) is 3.79. The van der Waals surface area contributed by atoms with Crippen molar-refractivity contribution in [2.75, 3.05) is 13.1 Å². The first-order chi connectivity index (χ1) is 11.3. The summed E-state index contributed by atoms with van der Waals surface area (Å²) in [6, 6.07) is 12.9. The Balaban J connectivity index is 1.85. The standard InChI is InChI=1S/C19H18N2O2/c22-19(21-11-4-1-5-12-21)16-10-6-9-15-17(16)13-7-2-3-8-14(13)18(15)20-23/h2-3,6-10,18H,1,4-5,11-12H2. The van der Waals surface area contributed by atoms with Gasteiger partial charge in [0.05, 0.1) is 0 Å². The molecule has 1 atom stereocenters. The minimum Gasteiger partial charge on any atom is -0.339 e. The van der Waals surface area contributed by atoms with E-state index in [2.05, 4.69) is 5.18 Å². The molecule has 2 aromatic carbocycles. The molecule has 4 rings (SSSR count). The summed E-state index contributed by atoms with van der Waals surface area (Å²) in [5.41, 5.74) is 4.31. The third-order valence-electron chi connectivity index (χ3n) is 4.90. The smallest absolute Gasteiger partial charge is 0.254 e. The van der Waals surface area contributed by atoms with Crippen LogP contribution in [0.2, 0.25) is 0 Å². The number of likely N-dealkylation sites (tertiary alicyclic amines) is 1. The summed E-state index contributed by atoms with van der Waals surface area (Å²) >= 11 is 0. The summed E-state index contributed by atoms with van der Waals surface area (Å²) < 4.78 is 0. The van der Waals surface area contributed by atoms with Gasteiger partial charge in [-0.15, -0.1) is 4.91 Å². The quantitative estimate of drug-likeness (QED) is 0.783. The van der Waals surface area contributed by atoms with E-state index in [1.165, 1.54) is 6.42 Å². The van der Waals surface area contributed by atoms with E-state index < -0.39 is 6.04 Å². The van der Waals surface area contributed by atoms with Crippen molar-refractivity contribution in [1.29, 1.82) is 0 Å². The van der Waals surface area contributed by atoms with Crippen molar-refractivity contribution in [3.8, 4) is 11.1 Å². The number of hydrogen-bond acceptors (Lipinski definition) is 3. The van der Waals surface area contributed by atoms with Crippen molar-refractivity contribution < 1.29 is 4.79 Å². The number of carbonyl (C=O) groups is 1. The summed E-state index contributed by atoms with van der Waals surface area (Å²) in [7, 11) is 0. The van der Waals surface area contributed by atoms with Crippen molar-refractivity contribution in [2.45, 2.75) is 25.3 Å². The first kappa shape index (κ1) is 14.1. The molecule has 0 aromatic heterocycles. The van der Waals surface area contributed by atoms with Gasteiger partial charge in [-0.2, -0.15) is 0 Å². The van der Waals surface area contributed by atoms with Gasteiger partial charge in [-0.1, -0.05) is 41.6 Å². The Hall–Kier alpha value is -2.49. The maximum absolute atomic E-state index is 13.0. The van der Waals surface area contributed by atoms with E-state index in [1.807, 2.05) is 47.4 Å². The van der Waals surface area contributed by atoms with Crippen LogP contribution in [-0.2, 0) is 0 Å². The zero-order valence-corrected chi connectivity index (χ0v) is 12.9. The molecule has 1 unspecified atom stereocenters. The van der Waals surface area contributed by atoms with Crippen LogP contribution < -0.4 is 0 Å². The maximum atomic E-state index is 13.0. The molecule has 1 aliphatic carbocycles. The Kier molecular flexibility index (Phi) is 3.45. The maximum Gasteiger partial charge on any atom is 0.254 e. The molecule has 4 heteroatoms. The highest BCUT2D eigenvalue weighted by Crippen LogP contribution is 2.47. The lowest BCUT2D eigenvalue weighted by Gasteiger charge is -2.27. The Morgan fingerprint density at radius 1 is 0.957 bits per heavy atom. The second kappa shape index (κ2) is 5.61. The van der Waals surface area contributed by atoms with E-state index >= 15 is 0 Å². The number of benzene rings is 2. The third kappa shape index (κ3) is 2.17. The SMILES string of the molecule is O=NC1c2ccccc2-c2c(C(=O)N3CCCCC3)cccc21. The van der Waals surface area contributed by atoms with Crippen molar-refractivity contribution in [1.82, 2.24) is 4.90 Å². The zero-order chi connectivity index (χ0) is 15.8. The number of rotatable bonds is 2. The number of nitrogens with zero attached hydrogens (tertiary/aromatic N) is 2. The number of carbonyl (C=O) groups excluding carboxylic acids is 1. The predicted octanol–water partition coefficient (Wildman–Crippen LogP) is 4.15. The summed E-state index contributed by atoms with van der Waals surface area (Å²) in [6.45, 7) is 1.64. The van der Waals surface area contributed by atoms with Gasteiger partial charge in [0, 0.05) is 24.2 Å². The molecule has 2 aliphatic rings. The van der Waals surface area contributed by atoms with Gasteiger partial charge in [-0.25, -0.2) is 0 Å². The van der Waals surface area contributed by atoms with E-state index in [0.29, 0.717) is 5.56 Å². The van der Waals surface area contributed by atoms with Gasteiger partial charge >= 0.3 is 0 Å². The average molecular weight is 306 g/mol. The highest BCUT2D eigenvalue weighted by atomic mass is 16.3. The van der Waals surface area contributed by atoms with Crippen molar-refractivity contribution in [3.63, 3.8) is 0 Å². The average Bonchev–Trinajstić information content (AvgIpc) is 2.95. The Morgan fingerprint density at radius 3 is 2.48 bits per heavy atom. The Morgan fingerprint density at radius 2 is 1.70 bits per heavy atom. The van der Waals surface area contributed by atoms with E-state index in [9.17, 15) is 9.70 Å². The number of amides is 1. The van der Waals surface area contributed by atoms with Gasteiger partial charge in [0.2, 0.25) is 0 Å². The molecule has 1 fully saturated rings. The minimum atomic E-state index is -0.504.